The molecule has 0 bridgehead atoms. The average Bonchev–Trinajstić information content (AvgIpc) is 2.86. The van der Waals surface area contributed by atoms with E-state index in [0.717, 1.165) is 16.9 Å². The quantitative estimate of drug-likeness (QED) is 0.688. The van der Waals surface area contributed by atoms with Crippen LogP contribution in [0.5, 0.6) is 0 Å². The van der Waals surface area contributed by atoms with Gasteiger partial charge in [0.15, 0.2) is 0 Å². The summed E-state index contributed by atoms with van der Waals surface area (Å²) in [7, 11) is 0. The van der Waals surface area contributed by atoms with E-state index in [0.29, 0.717) is 23.0 Å². The van der Waals surface area contributed by atoms with Crippen LogP contribution in [0.25, 0.3) is 17.0 Å². The Morgan fingerprint density at radius 3 is 2.83 bits per heavy atom. The SMILES string of the molecule is CCOC(=O)Cc1c(-c2ccc(Cl)cn2)nc2ccc(C)cn12. The number of rotatable bonds is 4. The van der Waals surface area contributed by atoms with Crippen LogP contribution in [0.2, 0.25) is 5.02 Å². The largest absolute Gasteiger partial charge is 0.466 e. The molecule has 0 fully saturated rings. The van der Waals surface area contributed by atoms with Gasteiger partial charge in [-0.1, -0.05) is 17.7 Å². The smallest absolute Gasteiger partial charge is 0.311 e. The monoisotopic (exact) mass is 329 g/mol. The van der Waals surface area contributed by atoms with E-state index < -0.39 is 0 Å². The lowest BCUT2D eigenvalue weighted by molar-refractivity contribution is -0.142. The average molecular weight is 330 g/mol. The van der Waals surface area contributed by atoms with Crippen LogP contribution >= 0.6 is 11.6 Å². The van der Waals surface area contributed by atoms with Gasteiger partial charge < -0.3 is 9.14 Å². The first-order chi connectivity index (χ1) is 11.1. The molecule has 0 aliphatic heterocycles. The highest BCUT2D eigenvalue weighted by atomic mass is 35.5. The molecule has 0 aliphatic rings. The van der Waals surface area contributed by atoms with Gasteiger partial charge >= 0.3 is 5.97 Å². The molecule has 0 N–H and O–H groups in total. The van der Waals surface area contributed by atoms with Crippen molar-refractivity contribution in [2.45, 2.75) is 20.3 Å². The summed E-state index contributed by atoms with van der Waals surface area (Å²) in [6.45, 7) is 4.13. The molecule has 3 aromatic rings. The molecule has 6 heteroatoms. The molecule has 0 atom stereocenters. The van der Waals surface area contributed by atoms with Crippen LogP contribution in [0.1, 0.15) is 18.2 Å². The molecule has 0 spiro atoms. The van der Waals surface area contributed by atoms with Crippen molar-refractivity contribution in [2.75, 3.05) is 6.61 Å². The lowest BCUT2D eigenvalue weighted by Gasteiger charge is -2.06. The maximum Gasteiger partial charge on any atom is 0.311 e. The number of halogens is 1. The van der Waals surface area contributed by atoms with Crippen molar-refractivity contribution in [1.29, 1.82) is 0 Å². The lowest BCUT2D eigenvalue weighted by Crippen LogP contribution is -2.10. The minimum Gasteiger partial charge on any atom is -0.466 e. The second-order valence-electron chi connectivity index (χ2n) is 5.19. The number of esters is 1. The molecule has 0 aromatic carbocycles. The highest BCUT2D eigenvalue weighted by Gasteiger charge is 2.18. The zero-order valence-electron chi connectivity index (χ0n) is 12.9. The molecule has 0 radical (unpaired) electrons. The van der Waals surface area contributed by atoms with E-state index in [1.807, 2.05) is 29.7 Å². The van der Waals surface area contributed by atoms with Crippen molar-refractivity contribution in [3.05, 3.63) is 52.9 Å². The summed E-state index contributed by atoms with van der Waals surface area (Å²) >= 11 is 5.90. The van der Waals surface area contributed by atoms with E-state index in [4.69, 9.17) is 16.3 Å². The highest BCUT2D eigenvalue weighted by Crippen LogP contribution is 2.25. The van der Waals surface area contributed by atoms with Crippen molar-refractivity contribution in [3.63, 3.8) is 0 Å². The molecular formula is C17H16ClN3O2. The molecule has 0 aliphatic carbocycles. The number of imidazole rings is 1. The number of aromatic nitrogens is 3. The summed E-state index contributed by atoms with van der Waals surface area (Å²) in [6.07, 6.45) is 3.66. The number of nitrogens with zero attached hydrogens (tertiary/aromatic N) is 3. The highest BCUT2D eigenvalue weighted by molar-refractivity contribution is 6.30. The molecular weight excluding hydrogens is 314 g/mol. The number of pyridine rings is 2. The molecule has 3 rings (SSSR count). The number of fused-ring (bicyclic) bond motifs is 1. The first kappa shape index (κ1) is 15.5. The first-order valence-corrected chi connectivity index (χ1v) is 7.71. The van der Waals surface area contributed by atoms with Crippen molar-refractivity contribution < 1.29 is 9.53 Å². The Balaban J connectivity index is 2.15. The Morgan fingerprint density at radius 2 is 2.13 bits per heavy atom. The number of ether oxygens (including phenoxy) is 1. The van der Waals surface area contributed by atoms with Crippen LogP contribution in [-0.2, 0) is 16.0 Å². The van der Waals surface area contributed by atoms with Gasteiger partial charge in [-0.2, -0.15) is 0 Å². The Bertz CT molecular complexity index is 856. The summed E-state index contributed by atoms with van der Waals surface area (Å²) < 4.78 is 7.00. The predicted octanol–water partition coefficient (Wildman–Crippen LogP) is 3.46. The summed E-state index contributed by atoms with van der Waals surface area (Å²) in [5.74, 6) is -0.286. The maximum atomic E-state index is 12.0. The minimum absolute atomic E-state index is 0.137. The summed E-state index contributed by atoms with van der Waals surface area (Å²) in [5.41, 5.74) is 3.95. The van der Waals surface area contributed by atoms with Crippen LogP contribution in [0, 0.1) is 6.92 Å². The van der Waals surface area contributed by atoms with Gasteiger partial charge in [0, 0.05) is 12.4 Å². The molecule has 5 nitrogen and oxygen atoms in total. The van der Waals surface area contributed by atoms with Crippen LogP contribution in [0.15, 0.2) is 36.7 Å². The van der Waals surface area contributed by atoms with Crippen LogP contribution in [-0.4, -0.2) is 26.9 Å². The first-order valence-electron chi connectivity index (χ1n) is 7.33. The second-order valence-corrected chi connectivity index (χ2v) is 5.62. The fourth-order valence-corrected chi connectivity index (χ4v) is 2.55. The fourth-order valence-electron chi connectivity index (χ4n) is 2.44. The zero-order valence-corrected chi connectivity index (χ0v) is 13.7. The Hall–Kier alpha value is -2.40. The van der Waals surface area contributed by atoms with Gasteiger partial charge in [0.1, 0.15) is 11.3 Å². The normalized spacial score (nSPS) is 10.9. The number of carbonyl (C=O) groups excluding carboxylic acids is 1. The lowest BCUT2D eigenvalue weighted by atomic mass is 10.2. The molecule has 0 unspecified atom stereocenters. The summed E-state index contributed by atoms with van der Waals surface area (Å²) in [6, 6.07) is 7.46. The van der Waals surface area contributed by atoms with E-state index in [1.165, 1.54) is 0 Å². The maximum absolute atomic E-state index is 12.0. The molecule has 118 valence electrons. The van der Waals surface area contributed by atoms with Gasteiger partial charge in [-0.3, -0.25) is 9.78 Å². The van der Waals surface area contributed by atoms with Crippen LogP contribution < -0.4 is 0 Å². The van der Waals surface area contributed by atoms with Crippen LogP contribution in [0.3, 0.4) is 0 Å². The molecule has 3 aromatic heterocycles. The number of hydrogen-bond donors (Lipinski definition) is 0. The molecule has 0 amide bonds. The molecule has 0 saturated heterocycles. The van der Waals surface area contributed by atoms with Gasteiger partial charge in [0.2, 0.25) is 0 Å². The molecule has 0 saturated carbocycles. The third-order valence-electron chi connectivity index (χ3n) is 3.45. The van der Waals surface area contributed by atoms with Crippen molar-refractivity contribution in [3.8, 4) is 11.4 Å². The van der Waals surface area contributed by atoms with Crippen molar-refractivity contribution in [1.82, 2.24) is 14.4 Å². The van der Waals surface area contributed by atoms with Gasteiger partial charge in [-0.05, 0) is 37.6 Å². The predicted molar refractivity (Wildman–Crippen MR) is 88.5 cm³/mol. The van der Waals surface area contributed by atoms with E-state index in [-0.39, 0.29) is 12.4 Å². The van der Waals surface area contributed by atoms with E-state index in [1.54, 1.807) is 25.3 Å². The van der Waals surface area contributed by atoms with E-state index >= 15 is 0 Å². The van der Waals surface area contributed by atoms with Gasteiger partial charge in [-0.15, -0.1) is 0 Å². The van der Waals surface area contributed by atoms with Crippen molar-refractivity contribution >= 4 is 23.2 Å². The van der Waals surface area contributed by atoms with Gasteiger partial charge in [0.25, 0.3) is 0 Å². The Morgan fingerprint density at radius 1 is 1.30 bits per heavy atom. The number of hydrogen-bond acceptors (Lipinski definition) is 4. The second kappa shape index (κ2) is 6.38. The van der Waals surface area contributed by atoms with Crippen molar-refractivity contribution in [2.24, 2.45) is 0 Å². The Labute approximate surface area is 138 Å². The summed E-state index contributed by atoms with van der Waals surface area (Å²) in [5, 5.41) is 0.556. The minimum atomic E-state index is -0.286. The van der Waals surface area contributed by atoms with Gasteiger partial charge in [-0.25, -0.2) is 4.98 Å². The summed E-state index contributed by atoms with van der Waals surface area (Å²) in [4.78, 5) is 20.9. The van der Waals surface area contributed by atoms with E-state index in [2.05, 4.69) is 9.97 Å². The number of carbonyl (C=O) groups is 1. The zero-order chi connectivity index (χ0) is 16.4. The Kier molecular flexibility index (Phi) is 4.30. The molecule has 23 heavy (non-hydrogen) atoms. The third kappa shape index (κ3) is 3.19. The third-order valence-corrected chi connectivity index (χ3v) is 3.68. The standard InChI is InChI=1S/C17H16ClN3O2/c1-3-23-16(22)8-14-17(13-6-5-12(18)9-19-13)20-15-7-4-11(2)10-21(14)15/h4-7,9-10H,3,8H2,1-2H3. The topological polar surface area (TPSA) is 56.5 Å². The number of aryl methyl sites for hydroxylation is 1. The fraction of sp³-hybridized carbons (Fsp3) is 0.235. The molecule has 3 heterocycles. The van der Waals surface area contributed by atoms with Crippen LogP contribution in [0.4, 0.5) is 0 Å². The van der Waals surface area contributed by atoms with Gasteiger partial charge in [0.05, 0.1) is 29.4 Å². The van der Waals surface area contributed by atoms with E-state index in [9.17, 15) is 4.79 Å².